The third-order valence-electron chi connectivity index (χ3n) is 1.27. The van der Waals surface area contributed by atoms with Crippen LogP contribution in [0.4, 0.5) is 8.92 Å². The molecule has 1 N–H and O–H groups in total. The van der Waals surface area contributed by atoms with Crippen LogP contribution in [0.2, 0.25) is 0 Å². The molecule has 0 aliphatic heterocycles. The number of carboxylic acids is 1. The van der Waals surface area contributed by atoms with E-state index in [4.69, 9.17) is 5.11 Å². The molecule has 0 unspecified atom stereocenters. The highest BCUT2D eigenvalue weighted by Gasteiger charge is 2.15. The molecule has 0 aliphatic rings. The second-order valence-electron chi connectivity index (χ2n) is 2.00. The number of aromatic carboxylic acids is 1. The van der Waals surface area contributed by atoms with Gasteiger partial charge in [0.1, 0.15) is 5.56 Å². The molecule has 1 aromatic carbocycles. The third-order valence-corrected chi connectivity index (χ3v) is 1.27. The fraction of sp³-hybridized carbons (Fsp3) is 0. The summed E-state index contributed by atoms with van der Waals surface area (Å²) in [6.45, 7) is 0. The van der Waals surface area contributed by atoms with Crippen LogP contribution < -0.4 is 4.94 Å². The summed E-state index contributed by atoms with van der Waals surface area (Å²) in [6, 6.07) is 3.10. The Morgan fingerprint density at radius 2 is 2.17 bits per heavy atom. The van der Waals surface area contributed by atoms with Gasteiger partial charge in [0, 0.05) is 4.53 Å². The third kappa shape index (κ3) is 1.34. The lowest BCUT2D eigenvalue weighted by molar-refractivity contribution is -0.0122. The van der Waals surface area contributed by atoms with Crippen molar-refractivity contribution in [3.05, 3.63) is 29.6 Å². The maximum absolute atomic E-state index is 12.6. The van der Waals surface area contributed by atoms with Crippen molar-refractivity contribution in [1.29, 1.82) is 0 Å². The van der Waals surface area contributed by atoms with Crippen molar-refractivity contribution in [2.75, 3.05) is 0 Å². The van der Waals surface area contributed by atoms with Gasteiger partial charge in [-0.1, -0.05) is 6.07 Å². The van der Waals surface area contributed by atoms with Gasteiger partial charge in [-0.2, -0.15) is 0 Å². The molecule has 0 saturated heterocycles. The van der Waals surface area contributed by atoms with Crippen LogP contribution in [0.1, 0.15) is 10.4 Å². The summed E-state index contributed by atoms with van der Waals surface area (Å²) < 4.78 is 24.2. The fourth-order valence-corrected chi connectivity index (χ4v) is 0.756. The van der Waals surface area contributed by atoms with E-state index in [0.29, 0.717) is 0 Å². The SMILES string of the molecule is O=C(O)c1cccc(F)c1OF. The predicted molar refractivity (Wildman–Crippen MR) is 35.1 cm³/mol. The van der Waals surface area contributed by atoms with Crippen molar-refractivity contribution in [3.8, 4) is 5.75 Å². The molecule has 0 bridgehead atoms. The maximum atomic E-state index is 12.6. The van der Waals surface area contributed by atoms with Gasteiger partial charge < -0.3 is 5.11 Å². The molecule has 0 aromatic heterocycles. The van der Waals surface area contributed by atoms with Crippen LogP contribution in [0, 0.1) is 5.82 Å². The number of hydrogen-bond acceptors (Lipinski definition) is 2. The number of halogens is 2. The minimum Gasteiger partial charge on any atom is -0.478 e. The van der Waals surface area contributed by atoms with Gasteiger partial charge in [-0.25, -0.2) is 9.18 Å². The highest BCUT2D eigenvalue weighted by Crippen LogP contribution is 2.22. The number of rotatable bonds is 2. The summed E-state index contributed by atoms with van der Waals surface area (Å²) in [6.07, 6.45) is 0. The maximum Gasteiger partial charge on any atom is 0.339 e. The standard InChI is InChI=1S/C7H4F2O3/c8-5-3-1-2-4(7(10)11)6(5)12-9/h1-3H,(H,10,11). The average molecular weight is 174 g/mol. The van der Waals surface area contributed by atoms with E-state index in [-0.39, 0.29) is 0 Å². The van der Waals surface area contributed by atoms with Crippen LogP contribution in [0.25, 0.3) is 0 Å². The molecule has 0 aliphatic carbocycles. The lowest BCUT2D eigenvalue weighted by Crippen LogP contribution is -2.00. The number of para-hydroxylation sites is 1. The molecule has 0 amide bonds. The molecule has 0 fully saturated rings. The molecule has 12 heavy (non-hydrogen) atoms. The van der Waals surface area contributed by atoms with E-state index in [2.05, 4.69) is 4.94 Å². The van der Waals surface area contributed by atoms with E-state index in [1.165, 1.54) is 0 Å². The van der Waals surface area contributed by atoms with Crippen LogP contribution in [0.15, 0.2) is 18.2 Å². The van der Waals surface area contributed by atoms with Crippen LogP contribution in [-0.2, 0) is 0 Å². The first-order chi connectivity index (χ1) is 5.66. The van der Waals surface area contributed by atoms with E-state index in [1.807, 2.05) is 0 Å². The Morgan fingerprint density at radius 1 is 1.50 bits per heavy atom. The molecule has 1 aromatic rings. The Labute approximate surface area is 66.1 Å². The van der Waals surface area contributed by atoms with Crippen LogP contribution in [-0.4, -0.2) is 11.1 Å². The van der Waals surface area contributed by atoms with E-state index in [9.17, 15) is 13.7 Å². The Balaban J connectivity index is 3.27. The smallest absolute Gasteiger partial charge is 0.339 e. The molecule has 1 rings (SSSR count). The van der Waals surface area contributed by atoms with Crippen LogP contribution in [0.3, 0.4) is 0 Å². The van der Waals surface area contributed by atoms with Gasteiger partial charge in [0.2, 0.25) is 5.75 Å². The molecule has 0 spiro atoms. The fourth-order valence-electron chi connectivity index (χ4n) is 0.756. The minimum absolute atomic E-state index is 0.544. The highest BCUT2D eigenvalue weighted by atomic mass is 19.3. The second-order valence-corrected chi connectivity index (χ2v) is 2.00. The van der Waals surface area contributed by atoms with E-state index in [1.54, 1.807) is 0 Å². The molecule has 0 heterocycles. The molecule has 3 nitrogen and oxygen atoms in total. The minimum atomic E-state index is -1.44. The zero-order valence-corrected chi connectivity index (χ0v) is 5.75. The van der Waals surface area contributed by atoms with Gasteiger partial charge in [0.05, 0.1) is 0 Å². The zero-order chi connectivity index (χ0) is 9.14. The van der Waals surface area contributed by atoms with Gasteiger partial charge in [-0.15, -0.1) is 0 Å². The van der Waals surface area contributed by atoms with Crippen LogP contribution >= 0.6 is 0 Å². The van der Waals surface area contributed by atoms with Gasteiger partial charge in [-0.05, 0) is 12.1 Å². The number of benzene rings is 1. The molecule has 0 saturated carbocycles. The first kappa shape index (κ1) is 8.45. The number of carbonyl (C=O) groups is 1. The van der Waals surface area contributed by atoms with Gasteiger partial charge in [0.15, 0.2) is 5.82 Å². The normalized spacial score (nSPS) is 9.50. The lowest BCUT2D eigenvalue weighted by atomic mass is 10.2. The Hall–Kier alpha value is -1.65. The van der Waals surface area contributed by atoms with Crippen molar-refractivity contribution in [2.24, 2.45) is 0 Å². The second kappa shape index (κ2) is 3.17. The molecular formula is C7H4F2O3. The Bertz CT molecular complexity index is 312. The molecular weight excluding hydrogens is 170 g/mol. The number of carboxylic acid groups (broad SMARTS) is 1. The van der Waals surface area contributed by atoms with Crippen molar-refractivity contribution in [1.82, 2.24) is 0 Å². The molecule has 0 atom stereocenters. The first-order valence-electron chi connectivity index (χ1n) is 2.97. The molecule has 5 heteroatoms. The topological polar surface area (TPSA) is 46.5 Å². The summed E-state index contributed by atoms with van der Waals surface area (Å²) in [5.41, 5.74) is -0.544. The lowest BCUT2D eigenvalue weighted by Gasteiger charge is -1.99. The number of hydrogen-bond donors (Lipinski definition) is 1. The van der Waals surface area contributed by atoms with Crippen molar-refractivity contribution in [3.63, 3.8) is 0 Å². The summed E-state index contributed by atoms with van der Waals surface area (Å²) in [7, 11) is 0. The van der Waals surface area contributed by atoms with E-state index < -0.39 is 23.1 Å². The Morgan fingerprint density at radius 3 is 2.58 bits per heavy atom. The van der Waals surface area contributed by atoms with Gasteiger partial charge in [-0.3, -0.25) is 4.94 Å². The van der Waals surface area contributed by atoms with Gasteiger partial charge >= 0.3 is 5.97 Å². The highest BCUT2D eigenvalue weighted by molar-refractivity contribution is 5.90. The predicted octanol–water partition coefficient (Wildman–Crippen LogP) is 1.79. The largest absolute Gasteiger partial charge is 0.478 e. The van der Waals surface area contributed by atoms with Crippen molar-refractivity contribution in [2.45, 2.75) is 0 Å². The van der Waals surface area contributed by atoms with Crippen molar-refractivity contribution >= 4 is 5.97 Å². The summed E-state index contributed by atoms with van der Waals surface area (Å²) in [5, 5.41) is 8.41. The summed E-state index contributed by atoms with van der Waals surface area (Å²) in [5.74, 6) is -3.38. The Kier molecular flexibility index (Phi) is 2.23. The molecule has 64 valence electrons. The van der Waals surface area contributed by atoms with Crippen molar-refractivity contribution < 1.29 is 23.8 Å². The quantitative estimate of drug-likeness (QED) is 0.743. The average Bonchev–Trinajstić information content (AvgIpc) is 2.03. The first-order valence-corrected chi connectivity index (χ1v) is 2.97. The monoisotopic (exact) mass is 174 g/mol. The summed E-state index contributed by atoms with van der Waals surface area (Å²) in [4.78, 5) is 13.4. The molecule has 0 radical (unpaired) electrons. The van der Waals surface area contributed by atoms with E-state index >= 15 is 0 Å². The van der Waals surface area contributed by atoms with Crippen LogP contribution in [0.5, 0.6) is 5.75 Å². The zero-order valence-electron chi connectivity index (χ0n) is 5.75. The van der Waals surface area contributed by atoms with E-state index in [0.717, 1.165) is 18.2 Å². The van der Waals surface area contributed by atoms with Gasteiger partial charge in [0.25, 0.3) is 0 Å². The summed E-state index contributed by atoms with van der Waals surface area (Å²) >= 11 is 0.